The zero-order valence-electron chi connectivity index (χ0n) is 11.1. The molecule has 0 aromatic heterocycles. The van der Waals surface area contributed by atoms with Gasteiger partial charge < -0.3 is 15.1 Å². The molecule has 1 saturated carbocycles. The van der Waals surface area contributed by atoms with E-state index in [4.69, 9.17) is 5.11 Å². The summed E-state index contributed by atoms with van der Waals surface area (Å²) >= 11 is 0. The fourth-order valence-corrected chi connectivity index (χ4v) is 3.16. The molecule has 1 aromatic carbocycles. The van der Waals surface area contributed by atoms with Crippen LogP contribution in [0.1, 0.15) is 36.3 Å². The quantitative estimate of drug-likeness (QED) is 0.873. The van der Waals surface area contributed by atoms with Gasteiger partial charge >= 0.3 is 5.97 Å². The number of fused-ring (bicyclic) bond motifs is 1. The first kappa shape index (κ1) is 12.3. The van der Waals surface area contributed by atoms with Crippen molar-refractivity contribution in [3.05, 3.63) is 23.3 Å². The van der Waals surface area contributed by atoms with Crippen molar-refractivity contribution in [2.24, 2.45) is 5.92 Å². The molecular weight excluding hydrogens is 242 g/mol. The summed E-state index contributed by atoms with van der Waals surface area (Å²) in [7, 11) is 2.01. The molecular formula is C15H19NO3. The highest BCUT2D eigenvalue weighted by atomic mass is 16.4. The number of phenols is 1. The maximum atomic E-state index is 11.0. The largest absolute Gasteiger partial charge is 0.507 e. The molecule has 0 amide bonds. The molecule has 4 nitrogen and oxygen atoms in total. The Morgan fingerprint density at radius 1 is 1.47 bits per heavy atom. The van der Waals surface area contributed by atoms with Gasteiger partial charge in [0.1, 0.15) is 5.75 Å². The number of hydrogen-bond donors (Lipinski definition) is 2. The number of carboxylic acids is 1. The molecule has 4 heteroatoms. The Balaban J connectivity index is 1.98. The summed E-state index contributed by atoms with van der Waals surface area (Å²) < 4.78 is 0. The predicted octanol–water partition coefficient (Wildman–Crippen LogP) is 2.35. The van der Waals surface area contributed by atoms with Gasteiger partial charge in [0.15, 0.2) is 0 Å². The Morgan fingerprint density at radius 2 is 2.21 bits per heavy atom. The van der Waals surface area contributed by atoms with E-state index in [1.807, 2.05) is 19.2 Å². The van der Waals surface area contributed by atoms with Gasteiger partial charge in [-0.3, -0.25) is 4.79 Å². The zero-order chi connectivity index (χ0) is 13.6. The summed E-state index contributed by atoms with van der Waals surface area (Å²) in [5, 5.41) is 19.5. The van der Waals surface area contributed by atoms with Crippen LogP contribution in [0.4, 0.5) is 5.69 Å². The zero-order valence-corrected chi connectivity index (χ0v) is 11.1. The molecule has 0 spiro atoms. The first-order chi connectivity index (χ1) is 9.08. The van der Waals surface area contributed by atoms with Crippen LogP contribution in [0.2, 0.25) is 0 Å². The number of benzene rings is 1. The van der Waals surface area contributed by atoms with E-state index >= 15 is 0 Å². The van der Waals surface area contributed by atoms with Crippen LogP contribution in [-0.2, 0) is 11.2 Å². The Bertz CT molecular complexity index is 522. The van der Waals surface area contributed by atoms with Gasteiger partial charge in [-0.05, 0) is 36.8 Å². The summed E-state index contributed by atoms with van der Waals surface area (Å²) in [5.41, 5.74) is 2.89. The second-order valence-corrected chi connectivity index (χ2v) is 5.71. The van der Waals surface area contributed by atoms with Crippen molar-refractivity contribution in [3.63, 3.8) is 0 Å². The Morgan fingerprint density at radius 3 is 2.84 bits per heavy atom. The molecule has 1 atom stereocenters. The van der Waals surface area contributed by atoms with Gasteiger partial charge in [0.05, 0.1) is 6.42 Å². The van der Waals surface area contributed by atoms with Crippen molar-refractivity contribution in [3.8, 4) is 5.75 Å². The van der Waals surface area contributed by atoms with E-state index in [9.17, 15) is 9.90 Å². The number of carbonyl (C=O) groups is 1. The number of aromatic hydroxyl groups is 1. The van der Waals surface area contributed by atoms with Gasteiger partial charge in [-0.25, -0.2) is 0 Å². The molecule has 102 valence electrons. The van der Waals surface area contributed by atoms with Crippen molar-refractivity contribution < 1.29 is 15.0 Å². The highest BCUT2D eigenvalue weighted by Gasteiger charge is 2.36. The number of anilines is 1. The fourth-order valence-electron chi connectivity index (χ4n) is 3.16. The summed E-state index contributed by atoms with van der Waals surface area (Å²) in [4.78, 5) is 13.1. The van der Waals surface area contributed by atoms with Crippen molar-refractivity contribution in [1.29, 1.82) is 0 Å². The first-order valence-electron chi connectivity index (χ1n) is 6.85. The van der Waals surface area contributed by atoms with Crippen LogP contribution in [0.5, 0.6) is 5.75 Å². The van der Waals surface area contributed by atoms with E-state index in [0.29, 0.717) is 11.7 Å². The average Bonchev–Trinajstić information content (AvgIpc) is 3.12. The number of phenolic OH excluding ortho intramolecular Hbond substituents is 1. The second-order valence-electron chi connectivity index (χ2n) is 5.71. The van der Waals surface area contributed by atoms with Crippen LogP contribution >= 0.6 is 0 Å². The van der Waals surface area contributed by atoms with Crippen molar-refractivity contribution >= 4 is 11.7 Å². The lowest BCUT2D eigenvalue weighted by Gasteiger charge is -2.19. The van der Waals surface area contributed by atoms with Gasteiger partial charge in [-0.2, -0.15) is 0 Å². The number of aliphatic carboxylic acids is 1. The summed E-state index contributed by atoms with van der Waals surface area (Å²) in [6.45, 7) is 0.916. The monoisotopic (exact) mass is 261 g/mol. The highest BCUT2D eigenvalue weighted by Crippen LogP contribution is 2.49. The molecule has 1 aliphatic heterocycles. The molecule has 0 saturated heterocycles. The van der Waals surface area contributed by atoms with Gasteiger partial charge in [0, 0.05) is 30.8 Å². The van der Waals surface area contributed by atoms with E-state index in [-0.39, 0.29) is 12.3 Å². The normalized spacial score (nSPS) is 19.3. The molecule has 1 unspecified atom stereocenters. The molecule has 19 heavy (non-hydrogen) atoms. The summed E-state index contributed by atoms with van der Waals surface area (Å²) in [6, 6.07) is 3.94. The third-order valence-electron chi connectivity index (χ3n) is 4.38. The number of rotatable bonds is 4. The van der Waals surface area contributed by atoms with Crippen molar-refractivity contribution in [2.75, 3.05) is 18.5 Å². The number of nitrogens with zero attached hydrogens (tertiary/aromatic N) is 1. The molecule has 0 radical (unpaired) electrons. The third kappa shape index (κ3) is 2.15. The summed E-state index contributed by atoms with van der Waals surface area (Å²) in [6.07, 6.45) is 3.12. The molecule has 0 bridgehead atoms. The van der Waals surface area contributed by atoms with Gasteiger partial charge in [-0.1, -0.05) is 6.07 Å². The predicted molar refractivity (Wildman–Crippen MR) is 72.8 cm³/mol. The number of hydrogen-bond acceptors (Lipinski definition) is 3. The topological polar surface area (TPSA) is 60.8 Å². The van der Waals surface area contributed by atoms with Crippen LogP contribution in [0, 0.1) is 5.92 Å². The Labute approximate surface area is 112 Å². The SMILES string of the molecule is CN1CCc2c1ccc(C(CC(=O)O)C1CC1)c2O. The maximum absolute atomic E-state index is 11.0. The van der Waals surface area contributed by atoms with Gasteiger partial charge in [-0.15, -0.1) is 0 Å². The highest BCUT2D eigenvalue weighted by molar-refractivity contribution is 5.70. The third-order valence-corrected chi connectivity index (χ3v) is 4.38. The van der Waals surface area contributed by atoms with E-state index in [1.165, 1.54) is 0 Å². The van der Waals surface area contributed by atoms with Crippen molar-refractivity contribution in [2.45, 2.75) is 31.6 Å². The minimum atomic E-state index is -0.783. The number of carboxylic acid groups (broad SMARTS) is 1. The summed E-state index contributed by atoms with van der Waals surface area (Å²) in [5.74, 6) is -0.0539. The molecule has 1 aromatic rings. The van der Waals surface area contributed by atoms with Crippen LogP contribution in [0.15, 0.2) is 12.1 Å². The maximum Gasteiger partial charge on any atom is 0.303 e. The lowest BCUT2D eigenvalue weighted by atomic mass is 9.88. The van der Waals surface area contributed by atoms with Crippen LogP contribution in [0.25, 0.3) is 0 Å². The minimum Gasteiger partial charge on any atom is -0.507 e. The molecule has 1 fully saturated rings. The van der Waals surface area contributed by atoms with Crippen LogP contribution in [-0.4, -0.2) is 29.8 Å². The fraction of sp³-hybridized carbons (Fsp3) is 0.533. The molecule has 1 heterocycles. The average molecular weight is 261 g/mol. The lowest BCUT2D eigenvalue weighted by Crippen LogP contribution is -2.12. The molecule has 2 N–H and O–H groups in total. The Hall–Kier alpha value is -1.71. The smallest absolute Gasteiger partial charge is 0.303 e. The van der Waals surface area contributed by atoms with E-state index in [2.05, 4.69) is 4.90 Å². The minimum absolute atomic E-state index is 0.0336. The Kier molecular flexibility index (Phi) is 2.88. The lowest BCUT2D eigenvalue weighted by molar-refractivity contribution is -0.137. The van der Waals surface area contributed by atoms with Crippen LogP contribution in [0.3, 0.4) is 0 Å². The number of likely N-dealkylation sites (N-methyl/N-ethyl adjacent to an activating group) is 1. The standard InChI is InChI=1S/C15H19NO3/c1-16-7-6-11-13(16)5-4-10(15(11)19)12(8-14(17)18)9-2-3-9/h4-5,9,12,19H,2-3,6-8H2,1H3,(H,17,18). The first-order valence-corrected chi connectivity index (χ1v) is 6.85. The molecule has 3 rings (SSSR count). The van der Waals surface area contributed by atoms with E-state index in [1.54, 1.807) is 0 Å². The van der Waals surface area contributed by atoms with E-state index < -0.39 is 5.97 Å². The van der Waals surface area contributed by atoms with Crippen molar-refractivity contribution in [1.82, 2.24) is 0 Å². The van der Waals surface area contributed by atoms with E-state index in [0.717, 1.165) is 42.6 Å². The van der Waals surface area contributed by atoms with Crippen LogP contribution < -0.4 is 4.90 Å². The van der Waals surface area contributed by atoms with Gasteiger partial charge in [0.2, 0.25) is 0 Å². The molecule has 2 aliphatic rings. The second kappa shape index (κ2) is 4.44. The molecule has 1 aliphatic carbocycles. The van der Waals surface area contributed by atoms with Gasteiger partial charge in [0.25, 0.3) is 0 Å².